The number of H-pyrrole nitrogens is 1. The Morgan fingerprint density at radius 3 is 2.65 bits per heavy atom. The summed E-state index contributed by atoms with van der Waals surface area (Å²) >= 11 is 0. The van der Waals surface area contributed by atoms with E-state index in [1.807, 2.05) is 12.1 Å². The third-order valence-corrected chi connectivity index (χ3v) is 5.58. The quantitative estimate of drug-likeness (QED) is 0.475. The van der Waals surface area contributed by atoms with Crippen LogP contribution in [0.1, 0.15) is 12.1 Å². The molecule has 7 nitrogen and oxygen atoms in total. The normalized spacial score (nSPS) is 11.9. The number of fused-ring (bicyclic) bond motifs is 1. The summed E-state index contributed by atoms with van der Waals surface area (Å²) in [5.41, 5.74) is 9.02. The van der Waals surface area contributed by atoms with Gasteiger partial charge in [-0.05, 0) is 48.2 Å². The topological polar surface area (TPSA) is 121 Å². The van der Waals surface area contributed by atoms with E-state index in [0.717, 1.165) is 34.3 Å². The minimum atomic E-state index is -3.54. The number of aliphatic hydroxyl groups excluding tert-OH is 1. The number of rotatable bonds is 8. The van der Waals surface area contributed by atoms with Gasteiger partial charge in [-0.15, -0.1) is 0 Å². The highest BCUT2D eigenvalue weighted by Crippen LogP contribution is 2.29. The number of aromatic nitrogens is 2. The van der Waals surface area contributed by atoms with Crippen molar-refractivity contribution >= 4 is 21.1 Å². The monoisotopic (exact) mass is 374 g/mol. The fraction of sp³-hybridized carbons (Fsp3) is 0.278. The van der Waals surface area contributed by atoms with Gasteiger partial charge >= 0.3 is 0 Å². The second kappa shape index (κ2) is 7.96. The number of benzene rings is 1. The summed E-state index contributed by atoms with van der Waals surface area (Å²) in [6.45, 7) is 0.594. The zero-order chi connectivity index (χ0) is 18.6. The van der Waals surface area contributed by atoms with Crippen LogP contribution in [0, 0.1) is 0 Å². The number of sulfonamides is 1. The van der Waals surface area contributed by atoms with Gasteiger partial charge in [0.25, 0.3) is 0 Å². The summed E-state index contributed by atoms with van der Waals surface area (Å²) in [6.07, 6.45) is 3.15. The van der Waals surface area contributed by atoms with Gasteiger partial charge < -0.3 is 15.8 Å². The first-order valence-electron chi connectivity index (χ1n) is 8.43. The van der Waals surface area contributed by atoms with Crippen LogP contribution < -0.4 is 10.5 Å². The highest BCUT2D eigenvalue weighted by molar-refractivity contribution is 7.89. The van der Waals surface area contributed by atoms with Crippen molar-refractivity contribution in [3.63, 3.8) is 0 Å². The number of nitrogens with zero attached hydrogens (tertiary/aromatic N) is 1. The molecule has 2 aromatic heterocycles. The van der Waals surface area contributed by atoms with Crippen molar-refractivity contribution in [3.8, 4) is 11.1 Å². The van der Waals surface area contributed by atoms with E-state index >= 15 is 0 Å². The van der Waals surface area contributed by atoms with E-state index in [2.05, 4.69) is 14.7 Å². The number of pyridine rings is 1. The zero-order valence-corrected chi connectivity index (χ0v) is 15.1. The molecule has 0 saturated heterocycles. The van der Waals surface area contributed by atoms with Crippen LogP contribution in [-0.4, -0.2) is 43.2 Å². The Balaban J connectivity index is 1.93. The first kappa shape index (κ1) is 18.5. The summed E-state index contributed by atoms with van der Waals surface area (Å²) in [6, 6.07) is 10.7. The molecule has 0 bridgehead atoms. The lowest BCUT2D eigenvalue weighted by Gasteiger charge is -2.07. The molecule has 26 heavy (non-hydrogen) atoms. The SMILES string of the molecule is NCCNS(=O)(=O)c1ccc(-c2ccnc3[nH]c(CCCO)cc23)cc1. The van der Waals surface area contributed by atoms with E-state index in [1.165, 1.54) is 0 Å². The lowest BCUT2D eigenvalue weighted by Crippen LogP contribution is -2.29. The molecule has 5 N–H and O–H groups in total. The molecule has 0 spiro atoms. The molecule has 8 heteroatoms. The van der Waals surface area contributed by atoms with Crippen molar-refractivity contribution in [1.29, 1.82) is 0 Å². The molecule has 0 saturated carbocycles. The first-order valence-corrected chi connectivity index (χ1v) is 9.91. The lowest BCUT2D eigenvalue weighted by molar-refractivity contribution is 0.288. The van der Waals surface area contributed by atoms with Gasteiger partial charge in [0.1, 0.15) is 5.65 Å². The fourth-order valence-corrected chi connectivity index (χ4v) is 3.88. The van der Waals surface area contributed by atoms with Gasteiger partial charge in [-0.2, -0.15) is 0 Å². The van der Waals surface area contributed by atoms with Crippen molar-refractivity contribution in [2.75, 3.05) is 19.7 Å². The van der Waals surface area contributed by atoms with Crippen molar-refractivity contribution < 1.29 is 13.5 Å². The van der Waals surface area contributed by atoms with Crippen LogP contribution >= 0.6 is 0 Å². The van der Waals surface area contributed by atoms with E-state index in [9.17, 15) is 8.42 Å². The van der Waals surface area contributed by atoms with E-state index < -0.39 is 10.0 Å². The Kier molecular flexibility index (Phi) is 5.67. The van der Waals surface area contributed by atoms with Crippen LogP contribution in [0.4, 0.5) is 0 Å². The van der Waals surface area contributed by atoms with Crippen molar-refractivity contribution in [1.82, 2.24) is 14.7 Å². The predicted octanol–water partition coefficient (Wildman–Crippen LogP) is 1.39. The van der Waals surface area contributed by atoms with Gasteiger partial charge in [0, 0.05) is 37.0 Å². The average molecular weight is 374 g/mol. The lowest BCUT2D eigenvalue weighted by atomic mass is 10.0. The van der Waals surface area contributed by atoms with Gasteiger partial charge in [-0.25, -0.2) is 18.1 Å². The second-order valence-corrected chi connectivity index (χ2v) is 7.72. The van der Waals surface area contributed by atoms with Gasteiger partial charge in [0.15, 0.2) is 0 Å². The Bertz CT molecular complexity index is 981. The highest BCUT2D eigenvalue weighted by Gasteiger charge is 2.14. The van der Waals surface area contributed by atoms with Crippen LogP contribution in [0.15, 0.2) is 47.5 Å². The summed E-state index contributed by atoms with van der Waals surface area (Å²) in [5, 5.41) is 9.96. The largest absolute Gasteiger partial charge is 0.396 e. The van der Waals surface area contributed by atoms with Gasteiger partial charge in [-0.3, -0.25) is 0 Å². The van der Waals surface area contributed by atoms with Crippen LogP contribution in [0.2, 0.25) is 0 Å². The molecule has 0 atom stereocenters. The van der Waals surface area contributed by atoms with Gasteiger partial charge in [-0.1, -0.05) is 12.1 Å². The third-order valence-electron chi connectivity index (χ3n) is 4.10. The molecule has 0 amide bonds. The molecule has 0 aliphatic rings. The van der Waals surface area contributed by atoms with E-state index in [1.54, 1.807) is 30.5 Å². The first-order chi connectivity index (χ1) is 12.5. The minimum Gasteiger partial charge on any atom is -0.396 e. The Morgan fingerprint density at radius 1 is 1.19 bits per heavy atom. The number of nitrogens with two attached hydrogens (primary N) is 1. The van der Waals surface area contributed by atoms with E-state index in [4.69, 9.17) is 10.8 Å². The molecule has 138 valence electrons. The van der Waals surface area contributed by atoms with Crippen LogP contribution in [0.25, 0.3) is 22.2 Å². The predicted molar refractivity (Wildman–Crippen MR) is 101 cm³/mol. The summed E-state index contributed by atoms with van der Waals surface area (Å²) in [5.74, 6) is 0. The molecule has 2 heterocycles. The molecular weight excluding hydrogens is 352 g/mol. The van der Waals surface area contributed by atoms with Crippen molar-refractivity contribution in [3.05, 3.63) is 48.3 Å². The number of aliphatic hydroxyl groups is 1. The Labute approximate surface area is 152 Å². The Morgan fingerprint density at radius 2 is 1.96 bits per heavy atom. The van der Waals surface area contributed by atoms with Crippen molar-refractivity contribution in [2.24, 2.45) is 5.73 Å². The molecular formula is C18H22N4O3S. The number of aryl methyl sites for hydroxylation is 1. The number of hydrogen-bond donors (Lipinski definition) is 4. The van der Waals surface area contributed by atoms with Gasteiger partial charge in [0.05, 0.1) is 4.90 Å². The summed E-state index contributed by atoms with van der Waals surface area (Å²) in [4.78, 5) is 7.82. The second-order valence-electron chi connectivity index (χ2n) is 5.95. The number of nitrogens with one attached hydrogen (secondary N) is 2. The van der Waals surface area contributed by atoms with Crippen LogP contribution in [-0.2, 0) is 16.4 Å². The maximum atomic E-state index is 12.2. The maximum Gasteiger partial charge on any atom is 0.240 e. The average Bonchev–Trinajstić information content (AvgIpc) is 3.08. The summed E-state index contributed by atoms with van der Waals surface area (Å²) in [7, 11) is -3.54. The van der Waals surface area contributed by atoms with Crippen LogP contribution in [0.3, 0.4) is 0 Å². The van der Waals surface area contributed by atoms with E-state index in [-0.39, 0.29) is 24.6 Å². The van der Waals surface area contributed by atoms with Crippen LogP contribution in [0.5, 0.6) is 0 Å². The number of aromatic amines is 1. The highest BCUT2D eigenvalue weighted by atomic mass is 32.2. The fourth-order valence-electron chi connectivity index (χ4n) is 2.83. The molecule has 3 aromatic rings. The maximum absolute atomic E-state index is 12.2. The molecule has 3 rings (SSSR count). The molecule has 1 aromatic carbocycles. The van der Waals surface area contributed by atoms with Crippen molar-refractivity contribution in [2.45, 2.75) is 17.7 Å². The molecule has 0 unspecified atom stereocenters. The number of hydrogen-bond acceptors (Lipinski definition) is 5. The smallest absolute Gasteiger partial charge is 0.240 e. The minimum absolute atomic E-state index is 0.143. The zero-order valence-electron chi connectivity index (χ0n) is 14.3. The van der Waals surface area contributed by atoms with E-state index in [0.29, 0.717) is 6.42 Å². The third kappa shape index (κ3) is 3.94. The summed E-state index contributed by atoms with van der Waals surface area (Å²) < 4.78 is 26.8. The molecule has 0 aliphatic heterocycles. The Hall–Kier alpha value is -2.26. The van der Waals surface area contributed by atoms with Gasteiger partial charge in [0.2, 0.25) is 10.0 Å². The molecule has 0 aliphatic carbocycles. The standard InChI is InChI=1S/C18H22N4O3S/c19-8-10-21-26(24,25)15-5-3-13(4-6-15)16-7-9-20-18-17(16)12-14(22-18)2-1-11-23/h3-7,9,12,21,23H,1-2,8,10-11,19H2,(H,20,22). The molecule has 0 fully saturated rings. The molecule has 0 radical (unpaired) electrons.